The molecule has 3 nitrogen and oxygen atoms in total. The molecule has 0 amide bonds. The van der Waals surface area contributed by atoms with Crippen LogP contribution in [0.25, 0.3) is 0 Å². The number of nitrogens with one attached hydrogen (secondary N) is 1. The molecule has 1 aromatic carbocycles. The summed E-state index contributed by atoms with van der Waals surface area (Å²) < 4.78 is 5.41. The van der Waals surface area contributed by atoms with Crippen LogP contribution in [0.5, 0.6) is 0 Å². The maximum absolute atomic E-state index is 9.02. The average Bonchev–Trinajstić information content (AvgIpc) is 2.31. The Morgan fingerprint density at radius 1 is 1.50 bits per heavy atom. The Hall–Kier alpha value is -1.53. The first kappa shape index (κ1) is 11.0. The first-order chi connectivity index (χ1) is 7.79. The lowest BCUT2D eigenvalue weighted by molar-refractivity contribution is 0.0876. The van der Waals surface area contributed by atoms with Gasteiger partial charge in [-0.3, -0.25) is 0 Å². The summed E-state index contributed by atoms with van der Waals surface area (Å²) in [6.45, 7) is 3.62. The second-order valence-corrected chi connectivity index (χ2v) is 4.22. The molecule has 84 valence electrons. The van der Waals surface area contributed by atoms with Crippen molar-refractivity contribution in [3.05, 3.63) is 29.3 Å². The summed E-state index contributed by atoms with van der Waals surface area (Å²) in [6, 6.07) is 8.39. The van der Waals surface area contributed by atoms with Crippen molar-refractivity contribution in [1.82, 2.24) is 0 Å². The number of nitrogens with zero attached hydrogens (tertiary/aromatic N) is 1. The molecule has 1 saturated heterocycles. The summed E-state index contributed by atoms with van der Waals surface area (Å²) in [5.41, 5.74) is 2.80. The molecule has 0 spiro atoms. The SMILES string of the molecule is Cc1ccc(C#N)c(NC2CCCOC2)c1. The van der Waals surface area contributed by atoms with Crippen LogP contribution >= 0.6 is 0 Å². The topological polar surface area (TPSA) is 45.0 Å². The summed E-state index contributed by atoms with van der Waals surface area (Å²) >= 11 is 0. The van der Waals surface area contributed by atoms with E-state index < -0.39 is 0 Å². The number of hydrogen-bond donors (Lipinski definition) is 1. The molecule has 1 heterocycles. The van der Waals surface area contributed by atoms with Crippen LogP contribution < -0.4 is 5.32 Å². The van der Waals surface area contributed by atoms with E-state index in [9.17, 15) is 0 Å². The van der Waals surface area contributed by atoms with Gasteiger partial charge in [0.05, 0.1) is 17.9 Å². The molecular formula is C13H16N2O. The molecule has 1 unspecified atom stereocenters. The first-order valence-corrected chi connectivity index (χ1v) is 5.64. The lowest BCUT2D eigenvalue weighted by Crippen LogP contribution is -2.30. The molecule has 0 aromatic heterocycles. The van der Waals surface area contributed by atoms with Crippen LogP contribution in [0.3, 0.4) is 0 Å². The Morgan fingerprint density at radius 2 is 2.38 bits per heavy atom. The molecule has 1 aromatic rings. The van der Waals surface area contributed by atoms with Gasteiger partial charge in [-0.25, -0.2) is 0 Å². The van der Waals surface area contributed by atoms with Crippen LogP contribution in [0.2, 0.25) is 0 Å². The van der Waals surface area contributed by atoms with Crippen LogP contribution in [0.15, 0.2) is 18.2 Å². The highest BCUT2D eigenvalue weighted by Crippen LogP contribution is 2.20. The first-order valence-electron chi connectivity index (χ1n) is 5.64. The van der Waals surface area contributed by atoms with Gasteiger partial charge in [0.1, 0.15) is 6.07 Å². The minimum atomic E-state index is 0.336. The molecule has 0 bridgehead atoms. The second kappa shape index (κ2) is 5.00. The largest absolute Gasteiger partial charge is 0.379 e. The molecule has 0 radical (unpaired) electrons. The Labute approximate surface area is 96.0 Å². The van der Waals surface area contributed by atoms with E-state index in [4.69, 9.17) is 10.00 Å². The van der Waals surface area contributed by atoms with Gasteiger partial charge < -0.3 is 10.1 Å². The van der Waals surface area contributed by atoms with E-state index in [0.717, 1.165) is 31.7 Å². The zero-order valence-corrected chi connectivity index (χ0v) is 9.49. The molecule has 1 fully saturated rings. The molecule has 1 N–H and O–H groups in total. The Kier molecular flexibility index (Phi) is 3.43. The zero-order valence-electron chi connectivity index (χ0n) is 9.49. The highest BCUT2D eigenvalue weighted by molar-refractivity contribution is 5.59. The van der Waals surface area contributed by atoms with Crippen molar-refractivity contribution >= 4 is 5.69 Å². The number of nitriles is 1. The molecule has 1 atom stereocenters. The van der Waals surface area contributed by atoms with Gasteiger partial charge in [-0.15, -0.1) is 0 Å². The predicted molar refractivity (Wildman–Crippen MR) is 63.4 cm³/mol. The highest BCUT2D eigenvalue weighted by Gasteiger charge is 2.14. The number of benzene rings is 1. The quantitative estimate of drug-likeness (QED) is 0.826. The van der Waals surface area contributed by atoms with E-state index in [0.29, 0.717) is 11.6 Å². The highest BCUT2D eigenvalue weighted by atomic mass is 16.5. The minimum absolute atomic E-state index is 0.336. The van der Waals surface area contributed by atoms with E-state index in [1.54, 1.807) is 0 Å². The van der Waals surface area contributed by atoms with Crippen molar-refractivity contribution in [2.75, 3.05) is 18.5 Å². The van der Waals surface area contributed by atoms with Crippen molar-refractivity contribution in [2.45, 2.75) is 25.8 Å². The number of anilines is 1. The summed E-state index contributed by atoms with van der Waals surface area (Å²) in [7, 11) is 0. The van der Waals surface area contributed by atoms with Gasteiger partial charge in [0, 0.05) is 12.6 Å². The van der Waals surface area contributed by atoms with E-state index in [2.05, 4.69) is 11.4 Å². The van der Waals surface area contributed by atoms with Crippen molar-refractivity contribution in [3.63, 3.8) is 0 Å². The fourth-order valence-corrected chi connectivity index (χ4v) is 1.95. The number of aryl methyl sites for hydroxylation is 1. The van der Waals surface area contributed by atoms with Gasteiger partial charge in [-0.05, 0) is 37.5 Å². The maximum atomic E-state index is 9.02. The van der Waals surface area contributed by atoms with E-state index >= 15 is 0 Å². The van der Waals surface area contributed by atoms with Crippen LogP contribution in [-0.2, 0) is 4.74 Å². The molecule has 1 aliphatic heterocycles. The Morgan fingerprint density at radius 3 is 3.06 bits per heavy atom. The van der Waals surface area contributed by atoms with Gasteiger partial charge in [-0.1, -0.05) is 6.07 Å². The number of rotatable bonds is 2. The zero-order chi connectivity index (χ0) is 11.4. The lowest BCUT2D eigenvalue weighted by Gasteiger charge is -2.24. The second-order valence-electron chi connectivity index (χ2n) is 4.22. The molecule has 0 aliphatic carbocycles. The lowest BCUT2D eigenvalue weighted by atomic mass is 10.1. The summed E-state index contributed by atoms with van der Waals surface area (Å²) in [5, 5.41) is 12.4. The summed E-state index contributed by atoms with van der Waals surface area (Å²) in [5.74, 6) is 0. The average molecular weight is 216 g/mol. The third kappa shape index (κ3) is 2.53. The third-order valence-electron chi connectivity index (χ3n) is 2.82. The smallest absolute Gasteiger partial charge is 0.101 e. The molecule has 2 rings (SSSR count). The number of hydrogen-bond acceptors (Lipinski definition) is 3. The van der Waals surface area contributed by atoms with E-state index in [1.807, 2.05) is 25.1 Å². The van der Waals surface area contributed by atoms with Gasteiger partial charge in [-0.2, -0.15) is 5.26 Å². The van der Waals surface area contributed by atoms with Gasteiger partial charge >= 0.3 is 0 Å². The van der Waals surface area contributed by atoms with Crippen molar-refractivity contribution in [2.24, 2.45) is 0 Å². The van der Waals surface area contributed by atoms with Crippen LogP contribution in [-0.4, -0.2) is 19.3 Å². The van der Waals surface area contributed by atoms with Gasteiger partial charge in [0.15, 0.2) is 0 Å². The van der Waals surface area contributed by atoms with Crippen LogP contribution in [0.4, 0.5) is 5.69 Å². The molecule has 1 aliphatic rings. The van der Waals surface area contributed by atoms with E-state index in [1.165, 1.54) is 5.56 Å². The predicted octanol–water partition coefficient (Wildman–Crippen LogP) is 2.46. The van der Waals surface area contributed by atoms with Crippen LogP contribution in [0.1, 0.15) is 24.0 Å². The molecular weight excluding hydrogens is 200 g/mol. The molecule has 0 saturated carbocycles. The van der Waals surface area contributed by atoms with Crippen molar-refractivity contribution < 1.29 is 4.74 Å². The summed E-state index contributed by atoms with van der Waals surface area (Å²) in [6.07, 6.45) is 2.20. The normalized spacial score (nSPS) is 20.1. The number of ether oxygens (including phenoxy) is 1. The molecule has 3 heteroatoms. The maximum Gasteiger partial charge on any atom is 0.101 e. The van der Waals surface area contributed by atoms with Gasteiger partial charge in [0.2, 0.25) is 0 Å². The van der Waals surface area contributed by atoms with Crippen molar-refractivity contribution in [3.8, 4) is 6.07 Å². The fraction of sp³-hybridized carbons (Fsp3) is 0.462. The Bertz CT molecular complexity index is 403. The Balaban J connectivity index is 2.13. The van der Waals surface area contributed by atoms with E-state index in [-0.39, 0.29) is 0 Å². The standard InChI is InChI=1S/C13H16N2O/c1-10-4-5-11(8-14)13(7-10)15-12-3-2-6-16-9-12/h4-5,7,12,15H,2-3,6,9H2,1H3. The third-order valence-corrected chi connectivity index (χ3v) is 2.82. The minimum Gasteiger partial charge on any atom is -0.379 e. The van der Waals surface area contributed by atoms with Crippen molar-refractivity contribution in [1.29, 1.82) is 5.26 Å². The monoisotopic (exact) mass is 216 g/mol. The van der Waals surface area contributed by atoms with Gasteiger partial charge in [0.25, 0.3) is 0 Å². The fourth-order valence-electron chi connectivity index (χ4n) is 1.95. The van der Waals surface area contributed by atoms with Crippen LogP contribution in [0, 0.1) is 18.3 Å². The molecule has 16 heavy (non-hydrogen) atoms. The summed E-state index contributed by atoms with van der Waals surface area (Å²) in [4.78, 5) is 0.